The highest BCUT2D eigenvalue weighted by atomic mass is 32.2. The molecule has 2 aromatic carbocycles. The van der Waals surface area contributed by atoms with Crippen LogP contribution < -0.4 is 10.6 Å². The average molecular weight is 455 g/mol. The predicted octanol–water partition coefficient (Wildman–Crippen LogP) is 4.52. The smallest absolute Gasteiger partial charge is 0.234 e. The van der Waals surface area contributed by atoms with Crippen LogP contribution in [0.4, 0.5) is 5.13 Å². The fourth-order valence-electron chi connectivity index (χ4n) is 3.45. The summed E-state index contributed by atoms with van der Waals surface area (Å²) in [6, 6.07) is 19.8. The number of thioether (sulfide) groups is 1. The van der Waals surface area contributed by atoms with Crippen LogP contribution in [0, 0.1) is 0 Å². The van der Waals surface area contributed by atoms with E-state index >= 15 is 0 Å². The minimum atomic E-state index is -0.297. The van der Waals surface area contributed by atoms with Crippen molar-refractivity contribution in [3.8, 4) is 0 Å². The predicted molar refractivity (Wildman–Crippen MR) is 126 cm³/mol. The fraction of sp³-hybridized carbons (Fsp3) is 0.348. The Labute approximate surface area is 190 Å². The number of carbonyl (C=O) groups excluding carboxylic acids is 1. The molecule has 0 bridgehead atoms. The third-order valence-electron chi connectivity index (χ3n) is 5.11. The molecule has 1 fully saturated rings. The first-order valence-corrected chi connectivity index (χ1v) is 12.1. The van der Waals surface area contributed by atoms with Crippen LogP contribution in [0.1, 0.15) is 36.9 Å². The molecule has 2 unspecified atom stereocenters. The summed E-state index contributed by atoms with van der Waals surface area (Å²) in [7, 11) is 0. The van der Waals surface area contributed by atoms with Gasteiger partial charge in [-0.3, -0.25) is 4.79 Å². The van der Waals surface area contributed by atoms with Crippen LogP contribution in [-0.2, 0) is 9.53 Å². The molecule has 2 heterocycles. The summed E-state index contributed by atoms with van der Waals surface area (Å²) in [5.74, 6) is -0.0354. The maximum absolute atomic E-state index is 13.0. The molecular formula is C23H26N4O2S2. The Morgan fingerprint density at radius 1 is 1.13 bits per heavy atom. The summed E-state index contributed by atoms with van der Waals surface area (Å²) in [4.78, 5) is 13.0. The lowest BCUT2D eigenvalue weighted by molar-refractivity contribution is -0.120. The van der Waals surface area contributed by atoms with Gasteiger partial charge in [0.25, 0.3) is 0 Å². The zero-order valence-electron chi connectivity index (χ0n) is 17.4. The van der Waals surface area contributed by atoms with Gasteiger partial charge in [0, 0.05) is 13.2 Å². The van der Waals surface area contributed by atoms with Crippen molar-refractivity contribution in [3.05, 3.63) is 71.8 Å². The average Bonchev–Trinajstić information content (AvgIpc) is 3.49. The SMILES string of the molecule is CC(Sc1nnc(NCC2CCCO2)s1)C(=O)NC(c1ccccc1)c1ccccc1. The number of carbonyl (C=O) groups is 1. The number of aromatic nitrogens is 2. The molecule has 0 saturated carbocycles. The van der Waals surface area contributed by atoms with Gasteiger partial charge in [0.2, 0.25) is 11.0 Å². The van der Waals surface area contributed by atoms with Crippen molar-refractivity contribution in [2.24, 2.45) is 0 Å². The fourth-order valence-corrected chi connectivity index (χ4v) is 5.36. The highest BCUT2D eigenvalue weighted by Crippen LogP contribution is 2.30. The first kappa shape index (κ1) is 21.8. The second-order valence-corrected chi connectivity index (χ2v) is 9.98. The molecule has 8 heteroatoms. The van der Waals surface area contributed by atoms with Gasteiger partial charge in [-0.05, 0) is 30.9 Å². The molecule has 4 rings (SSSR count). The van der Waals surface area contributed by atoms with Crippen LogP contribution in [0.5, 0.6) is 0 Å². The van der Waals surface area contributed by atoms with Gasteiger partial charge in [-0.15, -0.1) is 10.2 Å². The van der Waals surface area contributed by atoms with Crippen LogP contribution in [0.3, 0.4) is 0 Å². The van der Waals surface area contributed by atoms with Gasteiger partial charge in [-0.25, -0.2) is 0 Å². The number of ether oxygens (including phenoxy) is 1. The Balaban J connectivity index is 1.36. The Kier molecular flexibility index (Phi) is 7.56. The summed E-state index contributed by atoms with van der Waals surface area (Å²) < 4.78 is 6.39. The quantitative estimate of drug-likeness (QED) is 0.463. The molecule has 0 aliphatic carbocycles. The standard InChI is InChI=1S/C23H26N4O2S2/c1-16(30-23-27-26-22(31-23)24-15-19-13-8-14-29-19)21(28)25-20(17-9-4-2-5-10-17)18-11-6-3-7-12-18/h2-7,9-12,16,19-20H,8,13-15H2,1H3,(H,24,26)(H,25,28). The van der Waals surface area contributed by atoms with Gasteiger partial charge in [0.15, 0.2) is 4.34 Å². The number of anilines is 1. The van der Waals surface area contributed by atoms with Crippen LogP contribution in [0.2, 0.25) is 0 Å². The van der Waals surface area contributed by atoms with Crippen molar-refractivity contribution in [3.63, 3.8) is 0 Å². The van der Waals surface area contributed by atoms with E-state index in [0.29, 0.717) is 0 Å². The van der Waals surface area contributed by atoms with Gasteiger partial charge in [-0.2, -0.15) is 0 Å². The maximum atomic E-state index is 13.0. The molecule has 162 valence electrons. The lowest BCUT2D eigenvalue weighted by atomic mass is 9.98. The summed E-state index contributed by atoms with van der Waals surface area (Å²) in [6.07, 6.45) is 2.44. The van der Waals surface area contributed by atoms with E-state index in [4.69, 9.17) is 4.74 Å². The van der Waals surface area contributed by atoms with E-state index in [2.05, 4.69) is 20.8 Å². The number of hydrogen-bond acceptors (Lipinski definition) is 7. The Hall–Kier alpha value is -2.42. The van der Waals surface area contributed by atoms with E-state index in [1.165, 1.54) is 23.1 Å². The monoisotopic (exact) mass is 454 g/mol. The van der Waals surface area contributed by atoms with E-state index < -0.39 is 0 Å². The molecule has 3 aromatic rings. The molecule has 0 radical (unpaired) electrons. The maximum Gasteiger partial charge on any atom is 0.234 e. The number of amides is 1. The van der Waals surface area contributed by atoms with Crippen molar-refractivity contribution in [2.45, 2.75) is 41.5 Å². The van der Waals surface area contributed by atoms with Gasteiger partial charge >= 0.3 is 0 Å². The normalized spacial score (nSPS) is 16.9. The number of rotatable bonds is 9. The second-order valence-electron chi connectivity index (χ2n) is 7.41. The summed E-state index contributed by atoms with van der Waals surface area (Å²) in [5.41, 5.74) is 2.10. The van der Waals surface area contributed by atoms with Gasteiger partial charge in [0.05, 0.1) is 17.4 Å². The highest BCUT2D eigenvalue weighted by molar-refractivity contribution is 8.02. The summed E-state index contributed by atoms with van der Waals surface area (Å²) in [6.45, 7) is 3.47. The molecular weight excluding hydrogens is 428 g/mol. The lowest BCUT2D eigenvalue weighted by Gasteiger charge is -2.21. The van der Waals surface area contributed by atoms with E-state index in [1.807, 2.05) is 67.6 Å². The zero-order chi connectivity index (χ0) is 21.5. The van der Waals surface area contributed by atoms with Crippen molar-refractivity contribution in [2.75, 3.05) is 18.5 Å². The molecule has 1 aliphatic rings. The molecule has 1 amide bonds. The molecule has 1 aliphatic heterocycles. The molecule has 0 spiro atoms. The number of nitrogens with zero attached hydrogens (tertiary/aromatic N) is 2. The third kappa shape index (κ3) is 6.06. The summed E-state index contributed by atoms with van der Waals surface area (Å²) >= 11 is 2.89. The Morgan fingerprint density at radius 3 is 2.42 bits per heavy atom. The number of benzene rings is 2. The van der Waals surface area contributed by atoms with Crippen molar-refractivity contribution in [1.29, 1.82) is 0 Å². The molecule has 2 atom stereocenters. The highest BCUT2D eigenvalue weighted by Gasteiger charge is 2.23. The van der Waals surface area contributed by atoms with Crippen molar-refractivity contribution >= 4 is 34.1 Å². The largest absolute Gasteiger partial charge is 0.376 e. The Bertz CT molecular complexity index is 922. The van der Waals surface area contributed by atoms with Gasteiger partial charge < -0.3 is 15.4 Å². The third-order valence-corrected chi connectivity index (χ3v) is 7.18. The van der Waals surface area contributed by atoms with Crippen molar-refractivity contribution in [1.82, 2.24) is 15.5 Å². The topological polar surface area (TPSA) is 76.1 Å². The molecule has 31 heavy (non-hydrogen) atoms. The Morgan fingerprint density at radius 2 is 1.81 bits per heavy atom. The minimum absolute atomic E-state index is 0.0354. The van der Waals surface area contributed by atoms with Crippen LogP contribution in [0.15, 0.2) is 65.0 Å². The minimum Gasteiger partial charge on any atom is -0.376 e. The first-order valence-electron chi connectivity index (χ1n) is 10.4. The molecule has 2 N–H and O–H groups in total. The van der Waals surface area contributed by atoms with Crippen LogP contribution >= 0.6 is 23.1 Å². The lowest BCUT2D eigenvalue weighted by Crippen LogP contribution is -2.34. The molecule has 6 nitrogen and oxygen atoms in total. The van der Waals surface area contributed by atoms with Gasteiger partial charge in [-0.1, -0.05) is 83.8 Å². The van der Waals surface area contributed by atoms with Crippen LogP contribution in [0.25, 0.3) is 0 Å². The first-order chi connectivity index (χ1) is 15.2. The van der Waals surface area contributed by atoms with E-state index in [1.54, 1.807) is 0 Å². The van der Waals surface area contributed by atoms with Crippen molar-refractivity contribution < 1.29 is 9.53 Å². The number of hydrogen-bond donors (Lipinski definition) is 2. The zero-order valence-corrected chi connectivity index (χ0v) is 19.0. The molecule has 1 aromatic heterocycles. The van der Waals surface area contributed by atoms with E-state index in [9.17, 15) is 4.79 Å². The van der Waals surface area contributed by atoms with Crippen LogP contribution in [-0.4, -0.2) is 40.6 Å². The summed E-state index contributed by atoms with van der Waals surface area (Å²) in [5, 5.41) is 15.4. The molecule has 1 saturated heterocycles. The van der Waals surface area contributed by atoms with E-state index in [-0.39, 0.29) is 23.3 Å². The number of nitrogens with one attached hydrogen (secondary N) is 2. The van der Waals surface area contributed by atoms with E-state index in [0.717, 1.165) is 46.6 Å². The van der Waals surface area contributed by atoms with Gasteiger partial charge in [0.1, 0.15) is 0 Å². The second kappa shape index (κ2) is 10.7.